The summed E-state index contributed by atoms with van der Waals surface area (Å²) in [5.41, 5.74) is 0. The summed E-state index contributed by atoms with van der Waals surface area (Å²) in [5.74, 6) is -2.04. The Labute approximate surface area is 208 Å². The van der Waals surface area contributed by atoms with E-state index < -0.39 is 17.9 Å². The zero-order chi connectivity index (χ0) is 26.9. The number of nitrogens with zero attached hydrogens (tertiary/aromatic N) is 6. The molecule has 36 heavy (non-hydrogen) atoms. The van der Waals surface area contributed by atoms with Gasteiger partial charge in [0.15, 0.2) is 20.2 Å². The molecule has 0 aliphatic heterocycles. The van der Waals surface area contributed by atoms with Crippen LogP contribution >= 0.6 is 0 Å². The first-order valence-corrected chi connectivity index (χ1v) is 10.2. The second-order valence-electron chi connectivity index (χ2n) is 6.50. The summed E-state index contributed by atoms with van der Waals surface area (Å²) in [5, 5.41) is 0. The molecule has 0 saturated carbocycles. The maximum Gasteiger partial charge on any atom is 0.331 e. The highest BCUT2D eigenvalue weighted by Gasteiger charge is 2.22. The highest BCUT2D eigenvalue weighted by molar-refractivity contribution is 5.82. The molecule has 0 bridgehead atoms. The topological polar surface area (TPSA) is 155 Å². The Kier molecular flexibility index (Phi) is 13.8. The third-order valence-corrected chi connectivity index (χ3v) is 3.89. The maximum atomic E-state index is 11.6. The fourth-order valence-corrected chi connectivity index (χ4v) is 2.29. The van der Waals surface area contributed by atoms with Gasteiger partial charge in [0, 0.05) is 39.6 Å². The number of carbonyl (C=O) groups is 3. The summed E-state index contributed by atoms with van der Waals surface area (Å²) >= 11 is 0. The van der Waals surface area contributed by atoms with Gasteiger partial charge >= 0.3 is 17.9 Å². The van der Waals surface area contributed by atoms with Crippen molar-refractivity contribution in [1.29, 1.82) is 0 Å². The van der Waals surface area contributed by atoms with Crippen molar-refractivity contribution in [3.8, 4) is 0 Å². The van der Waals surface area contributed by atoms with E-state index in [1.165, 1.54) is 36.0 Å². The largest absolute Gasteiger partial charge is 0.441 e. The zero-order valence-corrected chi connectivity index (χ0v) is 20.5. The molecule has 1 rings (SSSR count). The van der Waals surface area contributed by atoms with Crippen molar-refractivity contribution in [1.82, 2.24) is 15.0 Å². The van der Waals surface area contributed by atoms with Crippen molar-refractivity contribution in [2.75, 3.05) is 76.4 Å². The number of esters is 3. The first-order valence-electron chi connectivity index (χ1n) is 10.2. The van der Waals surface area contributed by atoms with E-state index in [-0.39, 0.29) is 58.2 Å². The van der Waals surface area contributed by atoms with E-state index in [1.807, 2.05) is 0 Å². The number of ether oxygens (including phenoxy) is 6. The molecule has 15 heteroatoms. The summed E-state index contributed by atoms with van der Waals surface area (Å²) < 4.78 is 30.8. The molecule has 0 N–H and O–H groups in total. The fraction of sp³-hybridized carbons (Fsp3) is 0.429. The minimum atomic E-state index is -0.680. The van der Waals surface area contributed by atoms with Crippen LogP contribution in [0.1, 0.15) is 0 Å². The van der Waals surface area contributed by atoms with E-state index >= 15 is 0 Å². The smallest absolute Gasteiger partial charge is 0.331 e. The SMILES string of the molecule is C=CC(=O)OCN(COC)c1nc(N(COC)COC(=O)C=C)nc(N(COC)COC(=O)C=C)n1. The molecule has 0 aromatic carbocycles. The standard InChI is InChI=1S/C21H30N6O9/c1-7-16(28)34-13-25(10-31-4)19-22-20(26(11-32-5)14-35-17(29)8-2)24-21(23-19)27(12-33-6)15-36-18(30)9-3/h7-9H,1-3,10-15H2,4-6H3. The molecule has 15 nitrogen and oxygen atoms in total. The third-order valence-electron chi connectivity index (χ3n) is 3.89. The summed E-state index contributed by atoms with van der Waals surface area (Å²) in [7, 11) is 4.26. The van der Waals surface area contributed by atoms with Gasteiger partial charge in [-0.15, -0.1) is 0 Å². The normalized spacial score (nSPS) is 10.1. The van der Waals surface area contributed by atoms with Crippen molar-refractivity contribution in [2.24, 2.45) is 0 Å². The van der Waals surface area contributed by atoms with Crippen LogP contribution in [0.2, 0.25) is 0 Å². The van der Waals surface area contributed by atoms with Crippen molar-refractivity contribution in [2.45, 2.75) is 0 Å². The number of anilines is 3. The summed E-state index contributed by atoms with van der Waals surface area (Å²) in [4.78, 5) is 52.1. The minimum Gasteiger partial charge on any atom is -0.441 e. The van der Waals surface area contributed by atoms with E-state index in [2.05, 4.69) is 34.7 Å². The van der Waals surface area contributed by atoms with Gasteiger partial charge in [0.2, 0.25) is 17.8 Å². The van der Waals surface area contributed by atoms with E-state index in [0.29, 0.717) is 0 Å². The lowest BCUT2D eigenvalue weighted by Crippen LogP contribution is -2.37. The fourth-order valence-electron chi connectivity index (χ4n) is 2.29. The van der Waals surface area contributed by atoms with Crippen LogP contribution < -0.4 is 14.7 Å². The Morgan fingerprint density at radius 2 is 0.833 bits per heavy atom. The number of hydrogen-bond donors (Lipinski definition) is 0. The molecule has 0 radical (unpaired) electrons. The Hall–Kier alpha value is -4.08. The molecule has 0 aliphatic carbocycles. The first kappa shape index (κ1) is 30.0. The predicted molar refractivity (Wildman–Crippen MR) is 126 cm³/mol. The Morgan fingerprint density at radius 3 is 1.03 bits per heavy atom. The molecule has 0 aliphatic rings. The van der Waals surface area contributed by atoms with Gasteiger partial charge in [-0.05, 0) is 0 Å². The molecule has 0 fully saturated rings. The third kappa shape index (κ3) is 10.0. The Balaban J connectivity index is 3.52. The van der Waals surface area contributed by atoms with Crippen LogP contribution in [0.5, 0.6) is 0 Å². The van der Waals surface area contributed by atoms with Crippen LogP contribution in [0.15, 0.2) is 38.0 Å². The molecule has 0 spiro atoms. The highest BCUT2D eigenvalue weighted by atomic mass is 16.6. The minimum absolute atomic E-state index is 0.000938. The number of aromatic nitrogens is 3. The highest BCUT2D eigenvalue weighted by Crippen LogP contribution is 2.20. The van der Waals surface area contributed by atoms with Crippen LogP contribution in [0.25, 0.3) is 0 Å². The Bertz CT molecular complexity index is 787. The maximum absolute atomic E-state index is 11.6. The molecular formula is C21H30N6O9. The van der Waals surface area contributed by atoms with E-state index in [4.69, 9.17) is 28.4 Å². The van der Waals surface area contributed by atoms with E-state index in [1.54, 1.807) is 0 Å². The predicted octanol–water partition coefficient (Wildman–Crippen LogP) is 0.163. The van der Waals surface area contributed by atoms with E-state index in [0.717, 1.165) is 18.2 Å². The van der Waals surface area contributed by atoms with Crippen LogP contribution in [0, 0.1) is 0 Å². The summed E-state index contributed by atoms with van der Waals surface area (Å²) in [6.45, 7) is 8.91. The molecule has 0 amide bonds. The van der Waals surface area contributed by atoms with Gasteiger partial charge in [0.25, 0.3) is 0 Å². The van der Waals surface area contributed by atoms with Crippen LogP contribution in [-0.4, -0.2) is 94.6 Å². The molecule has 1 aromatic heterocycles. The molecular weight excluding hydrogens is 480 g/mol. The van der Waals surface area contributed by atoms with Crippen molar-refractivity contribution < 1.29 is 42.8 Å². The average Bonchev–Trinajstić information content (AvgIpc) is 2.90. The molecule has 1 heterocycles. The van der Waals surface area contributed by atoms with Crippen LogP contribution in [0.4, 0.5) is 17.8 Å². The quantitative estimate of drug-likeness (QED) is 0.114. The lowest BCUT2D eigenvalue weighted by molar-refractivity contribution is -0.138. The van der Waals surface area contributed by atoms with Gasteiger partial charge in [-0.25, -0.2) is 14.4 Å². The van der Waals surface area contributed by atoms with Gasteiger partial charge in [0.1, 0.15) is 20.2 Å². The number of hydrogen-bond acceptors (Lipinski definition) is 15. The second-order valence-corrected chi connectivity index (χ2v) is 6.50. The molecule has 0 atom stereocenters. The van der Waals surface area contributed by atoms with Gasteiger partial charge in [-0.3, -0.25) is 14.7 Å². The number of carbonyl (C=O) groups excluding carboxylic acids is 3. The van der Waals surface area contributed by atoms with Crippen LogP contribution in [0.3, 0.4) is 0 Å². The monoisotopic (exact) mass is 510 g/mol. The van der Waals surface area contributed by atoms with Crippen molar-refractivity contribution in [3.63, 3.8) is 0 Å². The van der Waals surface area contributed by atoms with Crippen LogP contribution in [-0.2, 0) is 42.8 Å². The average molecular weight is 511 g/mol. The van der Waals surface area contributed by atoms with Gasteiger partial charge in [-0.2, -0.15) is 15.0 Å². The lowest BCUT2D eigenvalue weighted by atomic mass is 10.6. The second kappa shape index (κ2) is 16.5. The van der Waals surface area contributed by atoms with Gasteiger partial charge in [0.05, 0.1) is 0 Å². The van der Waals surface area contributed by atoms with Crippen molar-refractivity contribution >= 4 is 35.8 Å². The summed E-state index contributed by atoms with van der Waals surface area (Å²) in [6.07, 6.45) is 2.99. The molecule has 1 aromatic rings. The van der Waals surface area contributed by atoms with Gasteiger partial charge in [-0.1, -0.05) is 19.7 Å². The molecule has 0 unspecified atom stereocenters. The molecule has 0 saturated heterocycles. The zero-order valence-electron chi connectivity index (χ0n) is 20.5. The van der Waals surface area contributed by atoms with Crippen molar-refractivity contribution in [3.05, 3.63) is 38.0 Å². The molecule has 198 valence electrons. The number of rotatable bonds is 18. The number of methoxy groups -OCH3 is 3. The summed E-state index contributed by atoms with van der Waals surface area (Å²) in [6, 6.07) is 0. The first-order chi connectivity index (χ1) is 17.3. The lowest BCUT2D eigenvalue weighted by Gasteiger charge is -2.27. The van der Waals surface area contributed by atoms with E-state index in [9.17, 15) is 14.4 Å². The van der Waals surface area contributed by atoms with Gasteiger partial charge < -0.3 is 28.4 Å². The Morgan fingerprint density at radius 1 is 0.583 bits per heavy atom.